The molecule has 4 aliphatic heterocycles. The van der Waals surface area contributed by atoms with Crippen LogP contribution in [0, 0.1) is 0 Å². The molecule has 396 valence electrons. The normalized spacial score (nSPS) is 19.8. The minimum atomic E-state index is -3.84. The molecule has 10 nitrogen and oxygen atoms in total. The van der Waals surface area contributed by atoms with Gasteiger partial charge in [0.1, 0.15) is 70.2 Å². The van der Waals surface area contributed by atoms with Crippen molar-refractivity contribution in [2.45, 2.75) is 22.5 Å². The van der Waals surface area contributed by atoms with Crippen LogP contribution in [0.25, 0.3) is 22.3 Å². The number of para-hydroxylation sites is 2. The fourth-order valence-electron chi connectivity index (χ4n) is 11.4. The van der Waals surface area contributed by atoms with Crippen LogP contribution in [-0.4, -0.2) is 48.8 Å². The summed E-state index contributed by atoms with van der Waals surface area (Å²) in [5.41, 5.74) is 8.28. The van der Waals surface area contributed by atoms with Crippen molar-refractivity contribution in [3.63, 3.8) is 0 Å². The third-order valence-electron chi connectivity index (χ3n) is 15.3. The molecule has 2 fully saturated rings. The molecule has 2 saturated heterocycles. The Morgan fingerprint density at radius 3 is 1.00 bits per heavy atom. The average molecular weight is 1090 g/mol. The van der Waals surface area contributed by atoms with E-state index < -0.39 is 25.0 Å². The van der Waals surface area contributed by atoms with Crippen LogP contribution in [-0.2, 0) is 28.9 Å². The Kier molecular flexibility index (Phi) is 13.3. The van der Waals surface area contributed by atoms with Gasteiger partial charge in [-0.2, -0.15) is 0 Å². The van der Waals surface area contributed by atoms with Crippen LogP contribution in [0.2, 0.25) is 0 Å². The van der Waals surface area contributed by atoms with E-state index in [-0.39, 0.29) is 23.7 Å². The maximum absolute atomic E-state index is 16.3. The standard InChI is InChI=1S/C37H31O6P.C31H23O4P/c38-44(36-13-7-5-11-34(36)33-10-4-6-12-35(33)43-44)37(26-8-2-1-3-9-26,27-14-18-29(19-15-27)39-22-31-24-41-31)28-16-20-30(21-17-28)40-23-32-25-42-32;32-25-18-14-23(15-19-25)31(22-8-2-1-3-9-22,24-16-20-26(33)21-17-24)36(34)30-13-7-5-11-28(30)27-10-4-6-12-29(27)35-36/h1-21,31-32H,22-25H2;1-21,32-33H. The first-order valence-corrected chi connectivity index (χ1v) is 29.8. The summed E-state index contributed by atoms with van der Waals surface area (Å²) in [6.07, 6.45) is 0.293. The molecule has 0 radical (unpaired) electrons. The Balaban J connectivity index is 0.000000154. The van der Waals surface area contributed by atoms with Gasteiger partial charge < -0.3 is 38.2 Å². The monoisotopic (exact) mass is 1090 g/mol. The lowest BCUT2D eigenvalue weighted by Crippen LogP contribution is -2.37. The predicted molar refractivity (Wildman–Crippen MR) is 312 cm³/mol. The van der Waals surface area contributed by atoms with Gasteiger partial charge in [-0.25, -0.2) is 0 Å². The minimum Gasteiger partial charge on any atom is -0.508 e. The van der Waals surface area contributed by atoms with E-state index in [1.165, 1.54) is 0 Å². The van der Waals surface area contributed by atoms with Crippen LogP contribution in [0.3, 0.4) is 0 Å². The van der Waals surface area contributed by atoms with Gasteiger partial charge in [0.2, 0.25) is 0 Å². The molecule has 4 atom stereocenters. The lowest BCUT2D eigenvalue weighted by atomic mass is 9.84. The van der Waals surface area contributed by atoms with Gasteiger partial charge in [0, 0.05) is 11.1 Å². The number of epoxide rings is 2. The Morgan fingerprint density at radius 2 is 0.650 bits per heavy atom. The van der Waals surface area contributed by atoms with Crippen molar-refractivity contribution in [1.82, 2.24) is 0 Å². The zero-order chi connectivity index (χ0) is 54.3. The van der Waals surface area contributed by atoms with Gasteiger partial charge in [-0.15, -0.1) is 0 Å². The van der Waals surface area contributed by atoms with Crippen molar-refractivity contribution >= 4 is 25.3 Å². The largest absolute Gasteiger partial charge is 0.508 e. The lowest BCUT2D eigenvalue weighted by molar-refractivity contribution is 0.263. The third kappa shape index (κ3) is 8.86. The lowest BCUT2D eigenvalue weighted by Gasteiger charge is -2.44. The summed E-state index contributed by atoms with van der Waals surface area (Å²) in [4.78, 5) is 0. The van der Waals surface area contributed by atoms with Crippen LogP contribution in [0.4, 0.5) is 0 Å². The Morgan fingerprint density at radius 1 is 0.362 bits per heavy atom. The van der Waals surface area contributed by atoms with E-state index in [1.807, 2.05) is 206 Å². The van der Waals surface area contributed by atoms with E-state index in [4.69, 9.17) is 28.0 Å². The molecular weight excluding hydrogens is 1040 g/mol. The van der Waals surface area contributed by atoms with Gasteiger partial charge in [0.15, 0.2) is 0 Å². The van der Waals surface area contributed by atoms with Crippen LogP contribution < -0.4 is 29.1 Å². The highest BCUT2D eigenvalue weighted by molar-refractivity contribution is 7.70. The van der Waals surface area contributed by atoms with Crippen molar-refractivity contribution in [3.05, 3.63) is 288 Å². The topological polar surface area (TPSA) is 137 Å². The number of ether oxygens (including phenoxy) is 4. The second-order valence-electron chi connectivity index (χ2n) is 20.1. The van der Waals surface area contributed by atoms with E-state index >= 15 is 9.13 Å². The molecule has 4 heterocycles. The molecule has 0 spiro atoms. The summed E-state index contributed by atoms with van der Waals surface area (Å²) < 4.78 is 68.4. The summed E-state index contributed by atoms with van der Waals surface area (Å²) >= 11 is 0. The Hall–Kier alpha value is -8.62. The van der Waals surface area contributed by atoms with Crippen LogP contribution >= 0.6 is 14.7 Å². The zero-order valence-corrected chi connectivity index (χ0v) is 45.1. The van der Waals surface area contributed by atoms with E-state index in [0.717, 1.165) is 69.2 Å². The quantitative estimate of drug-likeness (QED) is 0.0615. The first-order valence-electron chi connectivity index (χ1n) is 26.6. The minimum absolute atomic E-state index is 0.111. The second kappa shape index (κ2) is 20.9. The molecule has 0 saturated carbocycles. The molecule has 80 heavy (non-hydrogen) atoms. The Labute approximate surface area is 464 Å². The number of phenolic OH excluding ortho intramolecular Hbond substituents is 2. The fourth-order valence-corrected chi connectivity index (χ4v) is 18.0. The molecule has 0 aromatic heterocycles. The average Bonchev–Trinajstić information content (AvgIpc) is 4.57. The predicted octanol–water partition coefficient (Wildman–Crippen LogP) is 14.2. The van der Waals surface area contributed by atoms with Gasteiger partial charge in [-0.1, -0.05) is 182 Å². The molecule has 2 N–H and O–H groups in total. The molecule has 4 unspecified atom stereocenters. The van der Waals surface area contributed by atoms with Crippen LogP contribution in [0.15, 0.2) is 255 Å². The number of benzene rings is 10. The fraction of sp³-hybridized carbons (Fsp3) is 0.118. The zero-order valence-electron chi connectivity index (χ0n) is 43.3. The maximum atomic E-state index is 16.3. The van der Waals surface area contributed by atoms with E-state index in [1.54, 1.807) is 48.5 Å². The highest BCUT2D eigenvalue weighted by Crippen LogP contribution is 2.73. The molecule has 0 amide bonds. The number of fused-ring (bicyclic) bond motifs is 6. The molecule has 0 bridgehead atoms. The summed E-state index contributed by atoms with van der Waals surface area (Å²) in [7, 11) is -7.67. The van der Waals surface area contributed by atoms with Crippen molar-refractivity contribution in [1.29, 1.82) is 0 Å². The molecule has 14 rings (SSSR count). The van der Waals surface area contributed by atoms with E-state index in [2.05, 4.69) is 0 Å². The van der Waals surface area contributed by atoms with E-state index in [0.29, 0.717) is 46.4 Å². The second-order valence-corrected chi connectivity index (χ2v) is 25.0. The summed E-state index contributed by atoms with van der Waals surface area (Å²) in [5.74, 6) is 2.83. The first-order chi connectivity index (χ1) is 39.2. The smallest absolute Gasteiger partial charge is 0.296 e. The van der Waals surface area contributed by atoms with Crippen molar-refractivity contribution in [3.8, 4) is 56.8 Å². The van der Waals surface area contributed by atoms with Gasteiger partial charge in [0.25, 0.3) is 14.7 Å². The first kappa shape index (κ1) is 50.9. The highest BCUT2D eigenvalue weighted by atomic mass is 31.2. The van der Waals surface area contributed by atoms with Crippen molar-refractivity contribution < 1.29 is 47.3 Å². The van der Waals surface area contributed by atoms with Gasteiger partial charge in [-0.3, -0.25) is 9.13 Å². The highest BCUT2D eigenvalue weighted by Gasteiger charge is 2.59. The van der Waals surface area contributed by atoms with E-state index in [9.17, 15) is 10.2 Å². The number of rotatable bonds is 14. The third-order valence-corrected chi connectivity index (χ3v) is 21.6. The van der Waals surface area contributed by atoms with Gasteiger partial charge in [-0.05, 0) is 117 Å². The molecule has 4 aliphatic rings. The Bertz CT molecular complexity index is 3830. The maximum Gasteiger partial charge on any atom is 0.296 e. The summed E-state index contributed by atoms with van der Waals surface area (Å²) in [6, 6.07) is 80.1. The number of phenols is 2. The molecule has 10 aromatic rings. The molecule has 0 aliphatic carbocycles. The number of hydrogen-bond donors (Lipinski definition) is 2. The van der Waals surface area contributed by atoms with Crippen LogP contribution in [0.5, 0.6) is 34.5 Å². The van der Waals surface area contributed by atoms with Crippen molar-refractivity contribution in [2.24, 2.45) is 0 Å². The molecule has 10 aromatic carbocycles. The SMILES string of the molecule is O=P1(C(c2ccccc2)(c2ccc(O)cc2)c2ccc(O)cc2)Oc2ccccc2-c2ccccc21.O=P1(C(c2ccccc2)(c2ccc(OCC3CO3)cc2)c2ccc(OCC3CO3)cc2)Oc2ccccc2-c2ccccc21. The molecule has 12 heteroatoms. The number of hydrogen-bond acceptors (Lipinski definition) is 10. The molecular formula is C68H54O10P2. The van der Waals surface area contributed by atoms with Gasteiger partial charge >= 0.3 is 0 Å². The van der Waals surface area contributed by atoms with Gasteiger partial charge in [0.05, 0.1) is 23.8 Å². The number of aromatic hydroxyl groups is 2. The summed E-state index contributed by atoms with van der Waals surface area (Å²) in [5, 5.41) is 19.1. The van der Waals surface area contributed by atoms with Crippen molar-refractivity contribution in [2.75, 3.05) is 26.4 Å². The summed E-state index contributed by atoms with van der Waals surface area (Å²) in [6.45, 7) is 2.46. The van der Waals surface area contributed by atoms with Crippen LogP contribution in [0.1, 0.15) is 33.4 Å².